The van der Waals surface area contributed by atoms with Gasteiger partial charge in [0.15, 0.2) is 4.98 Å². The first kappa shape index (κ1) is 23.8. The molecular weight excluding hydrogens is 472 g/mol. The van der Waals surface area contributed by atoms with Gasteiger partial charge in [-0.15, -0.1) is 5.11 Å². The Bertz CT molecular complexity index is 1530. The highest BCUT2D eigenvalue weighted by Crippen LogP contribution is 2.32. The van der Waals surface area contributed by atoms with Gasteiger partial charge in [0.25, 0.3) is 20.2 Å². The minimum Gasteiger partial charge on any atom is -0.282 e. The van der Waals surface area contributed by atoms with Crippen LogP contribution in [0.15, 0.2) is 90.9 Å². The Morgan fingerprint density at radius 1 is 0.727 bits per heavy atom. The normalized spacial score (nSPS) is 12.3. The molecule has 0 unspecified atom stereocenters. The fraction of sp³-hybridized carbons (Fsp3) is 0.0526. The average molecular weight is 487 g/mol. The van der Waals surface area contributed by atoms with Crippen molar-refractivity contribution in [1.82, 2.24) is 0 Å². The summed E-state index contributed by atoms with van der Waals surface area (Å²) in [5.74, 6) is 0. The molecule has 0 spiro atoms. The number of benzene rings is 3. The van der Waals surface area contributed by atoms with Crippen molar-refractivity contribution in [3.8, 4) is 0 Å². The second kappa shape index (κ2) is 9.30. The number of azo groups is 2. The van der Waals surface area contributed by atoms with Crippen LogP contribution < -0.4 is 0 Å². The molecule has 0 aliphatic carbocycles. The van der Waals surface area contributed by atoms with E-state index in [2.05, 4.69) is 25.4 Å². The van der Waals surface area contributed by atoms with Gasteiger partial charge in [0.1, 0.15) is 10.6 Å². The van der Waals surface area contributed by atoms with E-state index in [1.165, 1.54) is 36.4 Å². The Labute approximate surface area is 188 Å². The van der Waals surface area contributed by atoms with Crippen molar-refractivity contribution in [2.24, 2.45) is 20.5 Å². The molecule has 0 aliphatic heterocycles. The van der Waals surface area contributed by atoms with E-state index in [9.17, 15) is 21.4 Å². The quantitative estimate of drug-likeness (QED) is 0.249. The first-order valence-corrected chi connectivity index (χ1v) is 11.8. The summed E-state index contributed by atoms with van der Waals surface area (Å²) in [6.07, 6.45) is 0. The van der Waals surface area contributed by atoms with Crippen LogP contribution >= 0.6 is 0 Å². The van der Waals surface area contributed by atoms with Gasteiger partial charge >= 0.3 is 5.69 Å². The largest absolute Gasteiger partial charge is 0.385 e. The van der Waals surface area contributed by atoms with E-state index in [0.717, 1.165) is 18.2 Å². The number of diazo groups is 1. The highest BCUT2D eigenvalue weighted by molar-refractivity contribution is 7.86. The van der Waals surface area contributed by atoms with Crippen LogP contribution in [-0.4, -0.2) is 25.9 Å². The second-order valence-corrected chi connectivity index (χ2v) is 9.38. The molecule has 0 atom stereocenters. The summed E-state index contributed by atoms with van der Waals surface area (Å²) in [6.45, 7) is 1.69. The SMILES string of the molecule is Cc1cc([N+]#N)ccc1N=Nc1ccc(N=Nc2ccc(S(=O)(=O)O)cc2)cc1S(=O)(=O)O. The first-order valence-electron chi connectivity index (χ1n) is 8.96. The maximum Gasteiger partial charge on any atom is 0.385 e. The molecule has 0 fully saturated rings. The van der Waals surface area contributed by atoms with Crippen molar-refractivity contribution in [2.75, 3.05) is 0 Å². The topological polar surface area (TPSA) is 186 Å². The van der Waals surface area contributed by atoms with Crippen LogP contribution in [0.1, 0.15) is 5.56 Å². The molecule has 0 aliphatic rings. The van der Waals surface area contributed by atoms with Crippen LogP contribution in [0.3, 0.4) is 0 Å². The molecule has 0 saturated heterocycles. The zero-order chi connectivity index (χ0) is 24.2. The molecule has 0 heterocycles. The van der Waals surface area contributed by atoms with Crippen molar-refractivity contribution >= 4 is 48.7 Å². The molecule has 168 valence electrons. The van der Waals surface area contributed by atoms with Gasteiger partial charge in [-0.1, -0.05) is 0 Å². The molecule has 0 saturated carbocycles. The van der Waals surface area contributed by atoms with E-state index in [4.69, 9.17) is 9.95 Å². The molecule has 0 radical (unpaired) electrons. The Hall–Kier alpha value is -3.90. The summed E-state index contributed by atoms with van der Waals surface area (Å²) in [4.78, 5) is 2.19. The van der Waals surface area contributed by atoms with Crippen molar-refractivity contribution in [3.05, 3.63) is 71.2 Å². The Morgan fingerprint density at radius 2 is 1.30 bits per heavy atom. The van der Waals surface area contributed by atoms with Gasteiger partial charge in [0, 0.05) is 12.1 Å². The maximum absolute atomic E-state index is 11.8. The Balaban J connectivity index is 1.91. The highest BCUT2D eigenvalue weighted by atomic mass is 32.2. The van der Waals surface area contributed by atoms with Crippen molar-refractivity contribution < 1.29 is 25.9 Å². The van der Waals surface area contributed by atoms with E-state index in [1.54, 1.807) is 13.0 Å². The lowest BCUT2D eigenvalue weighted by Gasteiger charge is -2.03. The molecule has 2 N–H and O–H groups in total. The third-order valence-electron chi connectivity index (χ3n) is 4.20. The standard InChI is InChI=1S/C19H14N6O6S2/c1-12-10-14(21-20)4-8-17(12)24-25-18-9-5-15(11-19(18)33(29,30)31)23-22-13-2-6-16(7-3-13)32(26,27)28/h2-11H,1H3,(H-,26,27,28,29,30,31)/p+1. The molecular formula is C19H15N6O6S2+. The molecule has 12 nitrogen and oxygen atoms in total. The van der Waals surface area contributed by atoms with E-state index in [0.29, 0.717) is 16.9 Å². The molecule has 3 rings (SSSR count). The van der Waals surface area contributed by atoms with Gasteiger partial charge in [-0.05, 0) is 61.0 Å². The Morgan fingerprint density at radius 3 is 1.88 bits per heavy atom. The van der Waals surface area contributed by atoms with Crippen LogP contribution in [-0.2, 0) is 20.2 Å². The molecule has 0 amide bonds. The van der Waals surface area contributed by atoms with E-state index in [1.807, 2.05) is 0 Å². The lowest BCUT2D eigenvalue weighted by Crippen LogP contribution is -1.98. The number of hydrogen-bond donors (Lipinski definition) is 2. The summed E-state index contributed by atoms with van der Waals surface area (Å²) < 4.78 is 64.4. The lowest BCUT2D eigenvalue weighted by molar-refractivity contribution is 0.481. The van der Waals surface area contributed by atoms with E-state index >= 15 is 0 Å². The highest BCUT2D eigenvalue weighted by Gasteiger charge is 2.17. The fourth-order valence-electron chi connectivity index (χ4n) is 2.58. The molecule has 0 bridgehead atoms. The predicted molar refractivity (Wildman–Crippen MR) is 117 cm³/mol. The monoisotopic (exact) mass is 487 g/mol. The zero-order valence-electron chi connectivity index (χ0n) is 16.8. The summed E-state index contributed by atoms with van der Waals surface area (Å²) in [7, 11) is -9.03. The van der Waals surface area contributed by atoms with Crippen LogP contribution in [0, 0.1) is 12.3 Å². The molecule has 33 heavy (non-hydrogen) atoms. The average Bonchev–Trinajstić information content (AvgIpc) is 2.76. The van der Waals surface area contributed by atoms with Crippen molar-refractivity contribution in [2.45, 2.75) is 16.7 Å². The summed E-state index contributed by atoms with van der Waals surface area (Å²) in [5.41, 5.74) is 1.46. The van der Waals surface area contributed by atoms with Gasteiger partial charge in [0.2, 0.25) is 5.39 Å². The van der Waals surface area contributed by atoms with Crippen LogP contribution in [0.5, 0.6) is 0 Å². The smallest absolute Gasteiger partial charge is 0.282 e. The fourth-order valence-corrected chi connectivity index (χ4v) is 3.70. The van der Waals surface area contributed by atoms with Crippen LogP contribution in [0.4, 0.5) is 28.4 Å². The molecule has 3 aromatic rings. The summed E-state index contributed by atoms with van der Waals surface area (Å²) in [6, 6.07) is 13.1. The van der Waals surface area contributed by atoms with Crippen LogP contribution in [0.2, 0.25) is 0 Å². The van der Waals surface area contributed by atoms with Gasteiger partial charge in [-0.3, -0.25) is 9.11 Å². The van der Waals surface area contributed by atoms with Crippen molar-refractivity contribution in [1.29, 1.82) is 5.39 Å². The lowest BCUT2D eigenvalue weighted by atomic mass is 10.2. The van der Waals surface area contributed by atoms with Gasteiger partial charge in [-0.25, -0.2) is 0 Å². The zero-order valence-corrected chi connectivity index (χ0v) is 18.4. The predicted octanol–water partition coefficient (Wildman–Crippen LogP) is 5.80. The molecule has 14 heteroatoms. The minimum atomic E-state index is -4.68. The Kier molecular flexibility index (Phi) is 6.70. The number of nitrogens with zero attached hydrogens (tertiary/aromatic N) is 6. The van der Waals surface area contributed by atoms with E-state index < -0.39 is 25.1 Å². The first-order chi connectivity index (χ1) is 15.5. The minimum absolute atomic E-state index is 0.0607. The summed E-state index contributed by atoms with van der Waals surface area (Å²) in [5, 5.41) is 24.4. The van der Waals surface area contributed by atoms with Gasteiger partial charge in [-0.2, -0.15) is 32.2 Å². The van der Waals surface area contributed by atoms with Crippen LogP contribution in [0.25, 0.3) is 4.98 Å². The van der Waals surface area contributed by atoms with Gasteiger partial charge in [0.05, 0.1) is 22.0 Å². The van der Waals surface area contributed by atoms with Crippen molar-refractivity contribution in [3.63, 3.8) is 0 Å². The third kappa shape index (κ3) is 6.08. The molecule has 3 aromatic carbocycles. The number of rotatable bonds is 6. The summed E-state index contributed by atoms with van der Waals surface area (Å²) >= 11 is 0. The number of aryl methyl sites for hydroxylation is 1. The third-order valence-corrected chi connectivity index (χ3v) is 5.95. The van der Waals surface area contributed by atoms with Gasteiger partial charge < -0.3 is 0 Å². The second-order valence-electron chi connectivity index (χ2n) is 6.57. The molecule has 0 aromatic heterocycles. The van der Waals surface area contributed by atoms with E-state index in [-0.39, 0.29) is 22.0 Å². The number of hydrogen-bond acceptors (Lipinski definition) is 9. The maximum atomic E-state index is 11.8.